The second-order valence-corrected chi connectivity index (χ2v) is 5.67. The number of hydrogen-bond donors (Lipinski definition) is 2. The van der Waals surface area contributed by atoms with Crippen LogP contribution in [0, 0.1) is 5.41 Å². The minimum absolute atomic E-state index is 0.280. The highest BCUT2D eigenvalue weighted by molar-refractivity contribution is 6.09. The van der Waals surface area contributed by atoms with E-state index in [9.17, 15) is 14.4 Å². The van der Waals surface area contributed by atoms with E-state index in [0.717, 1.165) is 4.90 Å². The van der Waals surface area contributed by atoms with E-state index in [2.05, 4.69) is 5.32 Å². The van der Waals surface area contributed by atoms with Crippen LogP contribution < -0.4 is 11.1 Å². The van der Waals surface area contributed by atoms with Crippen molar-refractivity contribution in [2.24, 2.45) is 11.1 Å². The standard InChI is InChI=1S/C15H28N4O3/c1-4-15(5-2)12(20)17-9-7-11-19(10-6-8-16)14(22)18(3)13(15)21/h4-11,16H2,1-3H3,(H,17,20). The van der Waals surface area contributed by atoms with Crippen LogP contribution in [-0.4, -0.2) is 60.9 Å². The van der Waals surface area contributed by atoms with Crippen molar-refractivity contribution in [3.63, 3.8) is 0 Å². The summed E-state index contributed by atoms with van der Waals surface area (Å²) in [5.41, 5.74) is 4.34. The summed E-state index contributed by atoms with van der Waals surface area (Å²) in [6.45, 7) is 5.58. The Kier molecular flexibility index (Phi) is 6.80. The molecule has 0 aromatic heterocycles. The fourth-order valence-electron chi connectivity index (χ4n) is 2.82. The molecule has 0 aliphatic carbocycles. The first-order chi connectivity index (χ1) is 10.4. The fraction of sp³-hybridized carbons (Fsp3) is 0.800. The predicted octanol–water partition coefficient (Wildman–Crippen LogP) is 0.542. The smallest absolute Gasteiger partial charge is 0.326 e. The number of carbonyl (C=O) groups excluding carboxylic acids is 3. The highest BCUT2D eigenvalue weighted by atomic mass is 16.2. The summed E-state index contributed by atoms with van der Waals surface area (Å²) in [7, 11) is 1.45. The lowest BCUT2D eigenvalue weighted by Crippen LogP contribution is -2.56. The molecule has 1 fully saturated rings. The van der Waals surface area contributed by atoms with Crippen molar-refractivity contribution in [3.05, 3.63) is 0 Å². The largest absolute Gasteiger partial charge is 0.355 e. The first kappa shape index (κ1) is 18.4. The van der Waals surface area contributed by atoms with Crippen LogP contribution in [-0.2, 0) is 9.59 Å². The Balaban J connectivity index is 3.08. The summed E-state index contributed by atoms with van der Waals surface area (Å²) in [5.74, 6) is -0.711. The molecule has 1 heterocycles. The van der Waals surface area contributed by atoms with E-state index < -0.39 is 11.3 Å². The molecule has 7 nitrogen and oxygen atoms in total. The Labute approximate surface area is 132 Å². The maximum absolute atomic E-state index is 12.8. The molecule has 1 saturated heterocycles. The van der Waals surface area contributed by atoms with E-state index in [1.165, 1.54) is 7.05 Å². The average Bonchev–Trinajstić information content (AvgIpc) is 2.53. The maximum atomic E-state index is 12.8. The van der Waals surface area contributed by atoms with Crippen molar-refractivity contribution < 1.29 is 14.4 Å². The van der Waals surface area contributed by atoms with Gasteiger partial charge in [-0.25, -0.2) is 4.79 Å². The molecule has 3 N–H and O–H groups in total. The highest BCUT2D eigenvalue weighted by Crippen LogP contribution is 2.30. The minimum atomic E-state index is -1.17. The molecular formula is C15H28N4O3. The zero-order valence-corrected chi connectivity index (χ0v) is 13.9. The molecule has 0 aromatic rings. The molecule has 1 aliphatic rings. The van der Waals surface area contributed by atoms with Crippen LogP contribution in [0.5, 0.6) is 0 Å². The number of rotatable bonds is 5. The van der Waals surface area contributed by atoms with Crippen LogP contribution in [0.25, 0.3) is 0 Å². The molecule has 0 aromatic carbocycles. The van der Waals surface area contributed by atoms with E-state index in [0.29, 0.717) is 51.9 Å². The van der Waals surface area contributed by atoms with E-state index in [1.54, 1.807) is 18.7 Å². The summed E-state index contributed by atoms with van der Waals surface area (Å²) in [4.78, 5) is 40.5. The third-order valence-electron chi connectivity index (χ3n) is 4.44. The number of hydrogen-bond acceptors (Lipinski definition) is 4. The van der Waals surface area contributed by atoms with Crippen LogP contribution in [0.4, 0.5) is 4.79 Å². The lowest BCUT2D eigenvalue weighted by molar-refractivity contribution is -0.149. The van der Waals surface area contributed by atoms with Gasteiger partial charge in [-0.1, -0.05) is 13.8 Å². The minimum Gasteiger partial charge on any atom is -0.355 e. The van der Waals surface area contributed by atoms with Crippen molar-refractivity contribution in [2.75, 3.05) is 33.2 Å². The van der Waals surface area contributed by atoms with Gasteiger partial charge in [-0.05, 0) is 32.2 Å². The quantitative estimate of drug-likeness (QED) is 0.724. The number of amides is 4. The lowest BCUT2D eigenvalue weighted by atomic mass is 9.79. The Morgan fingerprint density at radius 1 is 1.23 bits per heavy atom. The molecule has 0 unspecified atom stereocenters. The van der Waals surface area contributed by atoms with Gasteiger partial charge in [0, 0.05) is 26.7 Å². The summed E-state index contributed by atoms with van der Waals surface area (Å²) < 4.78 is 0. The van der Waals surface area contributed by atoms with Gasteiger partial charge in [0.1, 0.15) is 5.41 Å². The van der Waals surface area contributed by atoms with Gasteiger partial charge in [0.2, 0.25) is 11.8 Å². The van der Waals surface area contributed by atoms with Crippen LogP contribution >= 0.6 is 0 Å². The summed E-state index contributed by atoms with van der Waals surface area (Å²) in [6, 6.07) is -0.348. The number of nitrogens with one attached hydrogen (secondary N) is 1. The van der Waals surface area contributed by atoms with Crippen LogP contribution in [0.15, 0.2) is 0 Å². The van der Waals surface area contributed by atoms with Gasteiger partial charge in [0.05, 0.1) is 0 Å². The van der Waals surface area contributed by atoms with Gasteiger partial charge in [0.15, 0.2) is 0 Å². The van der Waals surface area contributed by atoms with Crippen LogP contribution in [0.1, 0.15) is 39.5 Å². The Morgan fingerprint density at radius 2 is 1.86 bits per heavy atom. The molecule has 0 atom stereocenters. The van der Waals surface area contributed by atoms with Gasteiger partial charge in [-0.3, -0.25) is 14.5 Å². The zero-order valence-electron chi connectivity index (χ0n) is 13.9. The second kappa shape index (κ2) is 8.12. The Bertz CT molecular complexity index is 421. The van der Waals surface area contributed by atoms with Crippen molar-refractivity contribution in [3.8, 4) is 0 Å². The molecule has 1 aliphatic heterocycles. The first-order valence-corrected chi connectivity index (χ1v) is 8.00. The molecule has 4 amide bonds. The third kappa shape index (κ3) is 3.58. The summed E-state index contributed by atoms with van der Waals surface area (Å²) in [5, 5.41) is 2.84. The van der Waals surface area contributed by atoms with Crippen molar-refractivity contribution in [1.29, 1.82) is 0 Å². The topological polar surface area (TPSA) is 95.7 Å². The number of carbonyl (C=O) groups is 3. The zero-order chi connectivity index (χ0) is 16.8. The first-order valence-electron chi connectivity index (χ1n) is 8.00. The molecule has 126 valence electrons. The predicted molar refractivity (Wildman–Crippen MR) is 84.1 cm³/mol. The van der Waals surface area contributed by atoms with E-state index in [-0.39, 0.29) is 11.9 Å². The molecule has 0 saturated carbocycles. The molecule has 22 heavy (non-hydrogen) atoms. The van der Waals surface area contributed by atoms with Gasteiger partial charge in [-0.2, -0.15) is 0 Å². The molecule has 0 spiro atoms. The lowest BCUT2D eigenvalue weighted by Gasteiger charge is -2.36. The molecule has 0 radical (unpaired) electrons. The number of nitrogens with zero attached hydrogens (tertiary/aromatic N) is 2. The van der Waals surface area contributed by atoms with E-state index in [4.69, 9.17) is 5.73 Å². The van der Waals surface area contributed by atoms with Crippen LogP contribution in [0.3, 0.4) is 0 Å². The fourth-order valence-corrected chi connectivity index (χ4v) is 2.82. The van der Waals surface area contributed by atoms with Crippen molar-refractivity contribution >= 4 is 17.8 Å². The monoisotopic (exact) mass is 312 g/mol. The highest BCUT2D eigenvalue weighted by Gasteiger charge is 2.46. The SMILES string of the molecule is CCC1(CC)C(=O)NCCCN(CCCN)C(=O)N(C)C1=O. The Morgan fingerprint density at radius 3 is 2.41 bits per heavy atom. The molecule has 1 rings (SSSR count). The van der Waals surface area contributed by atoms with Gasteiger partial charge in [0.25, 0.3) is 0 Å². The number of imide groups is 1. The second-order valence-electron chi connectivity index (χ2n) is 5.67. The van der Waals surface area contributed by atoms with E-state index in [1.807, 2.05) is 0 Å². The van der Waals surface area contributed by atoms with Crippen molar-refractivity contribution in [2.45, 2.75) is 39.5 Å². The number of urea groups is 1. The molecule has 7 heteroatoms. The Hall–Kier alpha value is -1.63. The third-order valence-corrected chi connectivity index (χ3v) is 4.44. The van der Waals surface area contributed by atoms with Gasteiger partial charge in [-0.15, -0.1) is 0 Å². The summed E-state index contributed by atoms with van der Waals surface area (Å²) in [6.07, 6.45) is 2.09. The van der Waals surface area contributed by atoms with Crippen molar-refractivity contribution in [1.82, 2.24) is 15.1 Å². The maximum Gasteiger partial charge on any atom is 0.326 e. The average molecular weight is 312 g/mol. The van der Waals surface area contributed by atoms with Gasteiger partial charge < -0.3 is 16.0 Å². The molecular weight excluding hydrogens is 284 g/mol. The van der Waals surface area contributed by atoms with Gasteiger partial charge >= 0.3 is 6.03 Å². The van der Waals surface area contributed by atoms with Crippen LogP contribution in [0.2, 0.25) is 0 Å². The normalized spacial score (nSPS) is 20.1. The number of nitrogens with two attached hydrogens (primary N) is 1. The molecule has 0 bridgehead atoms. The van der Waals surface area contributed by atoms with E-state index >= 15 is 0 Å². The summed E-state index contributed by atoms with van der Waals surface area (Å²) >= 11 is 0.